The van der Waals surface area contributed by atoms with E-state index in [4.69, 9.17) is 4.74 Å². The Morgan fingerprint density at radius 2 is 1.73 bits per heavy atom. The lowest BCUT2D eigenvalue weighted by atomic mass is 10.00. The number of halogens is 1. The standard InChI is InChI=1S/C34H38FN3O5S/c1-3-28-29(9-11-31(32(28)35)44(2,41)42)34(40)38-12-13-43-30-10-8-24(16-27(30)20-38)22-4-6-23(7-5-22)33(39)37-17-21-14-25-18-36-19-26(25)15-21/h4-11,16,21,25-26,36H,3,12-15,17-20H2,1-2H3,(H,37,39)/t21-,25-,26+. The van der Waals surface area contributed by atoms with Crippen LogP contribution in [0.5, 0.6) is 5.75 Å². The average Bonchev–Trinajstić information content (AvgIpc) is 3.54. The van der Waals surface area contributed by atoms with Crippen LogP contribution in [0.2, 0.25) is 0 Å². The van der Waals surface area contributed by atoms with Gasteiger partial charge in [0, 0.05) is 41.6 Å². The molecule has 2 amide bonds. The summed E-state index contributed by atoms with van der Waals surface area (Å²) in [5.74, 6) is 1.39. The van der Waals surface area contributed by atoms with Crippen molar-refractivity contribution in [1.29, 1.82) is 0 Å². The first-order chi connectivity index (χ1) is 21.1. The lowest BCUT2D eigenvalue weighted by Gasteiger charge is -2.22. The summed E-state index contributed by atoms with van der Waals surface area (Å²) in [5, 5.41) is 6.58. The van der Waals surface area contributed by atoms with E-state index in [0.717, 1.165) is 47.9 Å². The van der Waals surface area contributed by atoms with E-state index in [1.165, 1.54) is 25.0 Å². The van der Waals surface area contributed by atoms with Crippen LogP contribution in [0.4, 0.5) is 4.39 Å². The summed E-state index contributed by atoms with van der Waals surface area (Å²) in [7, 11) is -3.77. The molecule has 1 aliphatic carbocycles. The number of carbonyl (C=O) groups is 2. The monoisotopic (exact) mass is 619 g/mol. The van der Waals surface area contributed by atoms with Gasteiger partial charge in [-0.25, -0.2) is 12.8 Å². The molecule has 2 N–H and O–H groups in total. The summed E-state index contributed by atoms with van der Waals surface area (Å²) in [6.45, 7) is 5.42. The number of amides is 2. The Labute approximate surface area is 257 Å². The van der Waals surface area contributed by atoms with Gasteiger partial charge < -0.3 is 20.3 Å². The Balaban J connectivity index is 1.15. The molecule has 232 valence electrons. The Bertz CT molecular complexity index is 1680. The summed E-state index contributed by atoms with van der Waals surface area (Å²) in [5.41, 5.74) is 3.50. The van der Waals surface area contributed by atoms with Crippen LogP contribution in [0.15, 0.2) is 59.5 Å². The summed E-state index contributed by atoms with van der Waals surface area (Å²) < 4.78 is 45.1. The van der Waals surface area contributed by atoms with Gasteiger partial charge in [0.15, 0.2) is 9.84 Å². The zero-order valence-electron chi connectivity index (χ0n) is 25.1. The van der Waals surface area contributed by atoms with Crippen molar-refractivity contribution in [3.05, 3.63) is 82.7 Å². The smallest absolute Gasteiger partial charge is 0.254 e. The largest absolute Gasteiger partial charge is 0.491 e. The molecule has 3 aliphatic rings. The van der Waals surface area contributed by atoms with Crippen LogP contribution in [-0.4, -0.2) is 64.2 Å². The van der Waals surface area contributed by atoms with Gasteiger partial charge in [0.25, 0.3) is 11.8 Å². The number of sulfone groups is 1. The molecule has 44 heavy (non-hydrogen) atoms. The average molecular weight is 620 g/mol. The van der Waals surface area contributed by atoms with Crippen LogP contribution in [0.1, 0.15) is 51.6 Å². The molecule has 1 saturated carbocycles. The van der Waals surface area contributed by atoms with Gasteiger partial charge in [0.1, 0.15) is 23.1 Å². The molecule has 3 aromatic carbocycles. The first kappa shape index (κ1) is 30.3. The van der Waals surface area contributed by atoms with Crippen molar-refractivity contribution in [2.45, 2.75) is 37.6 Å². The van der Waals surface area contributed by atoms with E-state index in [-0.39, 0.29) is 42.5 Å². The molecule has 0 bridgehead atoms. The van der Waals surface area contributed by atoms with E-state index in [9.17, 15) is 18.0 Å². The van der Waals surface area contributed by atoms with Gasteiger partial charge in [0.2, 0.25) is 0 Å². The molecule has 8 nitrogen and oxygen atoms in total. The number of hydrogen-bond acceptors (Lipinski definition) is 6. The number of carbonyl (C=O) groups excluding carboxylic acids is 2. The van der Waals surface area contributed by atoms with Crippen molar-refractivity contribution in [3.63, 3.8) is 0 Å². The number of ether oxygens (including phenoxy) is 1. The molecule has 0 unspecified atom stereocenters. The molecule has 0 spiro atoms. The van der Waals surface area contributed by atoms with Gasteiger partial charge in [-0.3, -0.25) is 9.59 Å². The van der Waals surface area contributed by atoms with Crippen LogP contribution in [0, 0.1) is 23.6 Å². The minimum absolute atomic E-state index is 0.0660. The Morgan fingerprint density at radius 3 is 2.41 bits per heavy atom. The predicted octanol–water partition coefficient (Wildman–Crippen LogP) is 4.47. The molecule has 0 radical (unpaired) electrons. The highest BCUT2D eigenvalue weighted by Gasteiger charge is 2.37. The summed E-state index contributed by atoms with van der Waals surface area (Å²) in [6.07, 6.45) is 3.48. The molecule has 1 saturated heterocycles. The van der Waals surface area contributed by atoms with Gasteiger partial charge in [-0.2, -0.15) is 0 Å². The highest BCUT2D eigenvalue weighted by Crippen LogP contribution is 2.38. The molecule has 0 aromatic heterocycles. The van der Waals surface area contributed by atoms with Crippen LogP contribution in [0.3, 0.4) is 0 Å². The Kier molecular flexibility index (Phi) is 8.48. The normalized spacial score (nSPS) is 21.2. The zero-order chi connectivity index (χ0) is 31.0. The van der Waals surface area contributed by atoms with Crippen molar-refractivity contribution in [3.8, 4) is 16.9 Å². The van der Waals surface area contributed by atoms with Crippen LogP contribution < -0.4 is 15.4 Å². The first-order valence-electron chi connectivity index (χ1n) is 15.3. The third kappa shape index (κ3) is 6.10. The summed E-state index contributed by atoms with van der Waals surface area (Å²) >= 11 is 0. The second-order valence-corrected chi connectivity index (χ2v) is 14.2. The van der Waals surface area contributed by atoms with E-state index < -0.39 is 20.5 Å². The lowest BCUT2D eigenvalue weighted by Crippen LogP contribution is -2.33. The number of rotatable bonds is 7. The van der Waals surface area contributed by atoms with Crippen molar-refractivity contribution in [2.24, 2.45) is 17.8 Å². The molecular formula is C34H38FN3O5S. The number of hydrogen-bond donors (Lipinski definition) is 2. The van der Waals surface area contributed by atoms with Gasteiger partial charge in [-0.15, -0.1) is 0 Å². The maximum atomic E-state index is 15.2. The van der Waals surface area contributed by atoms with Gasteiger partial charge in [0.05, 0.1) is 6.54 Å². The molecular weight excluding hydrogens is 581 g/mol. The summed E-state index contributed by atoms with van der Waals surface area (Å²) in [4.78, 5) is 27.7. The number of nitrogens with one attached hydrogen (secondary N) is 2. The van der Waals surface area contributed by atoms with E-state index in [0.29, 0.717) is 30.3 Å². The van der Waals surface area contributed by atoms with Crippen molar-refractivity contribution in [1.82, 2.24) is 15.5 Å². The number of nitrogens with zero attached hydrogens (tertiary/aromatic N) is 1. The van der Waals surface area contributed by atoms with E-state index in [2.05, 4.69) is 10.6 Å². The van der Waals surface area contributed by atoms with Gasteiger partial charge in [-0.05, 0) is 97.6 Å². The van der Waals surface area contributed by atoms with Crippen molar-refractivity contribution < 1.29 is 27.1 Å². The fourth-order valence-corrected chi connectivity index (χ4v) is 7.73. The third-order valence-electron chi connectivity index (χ3n) is 9.30. The number of benzene rings is 3. The maximum Gasteiger partial charge on any atom is 0.254 e. The van der Waals surface area contributed by atoms with Crippen molar-refractivity contribution >= 4 is 21.7 Å². The van der Waals surface area contributed by atoms with Gasteiger partial charge >= 0.3 is 0 Å². The quantitative estimate of drug-likeness (QED) is 0.405. The third-order valence-corrected chi connectivity index (χ3v) is 10.4. The molecule has 2 heterocycles. The van der Waals surface area contributed by atoms with Crippen LogP contribution in [0.25, 0.3) is 11.1 Å². The van der Waals surface area contributed by atoms with Gasteiger partial charge in [-0.1, -0.05) is 25.1 Å². The lowest BCUT2D eigenvalue weighted by molar-refractivity contribution is 0.0731. The van der Waals surface area contributed by atoms with E-state index >= 15 is 4.39 Å². The molecule has 6 rings (SSSR count). The highest BCUT2D eigenvalue weighted by atomic mass is 32.2. The molecule has 3 aromatic rings. The predicted molar refractivity (Wildman–Crippen MR) is 166 cm³/mol. The fourth-order valence-electron chi connectivity index (χ4n) is 6.96. The highest BCUT2D eigenvalue weighted by molar-refractivity contribution is 7.90. The zero-order valence-corrected chi connectivity index (χ0v) is 25.9. The fraction of sp³-hybridized carbons (Fsp3) is 0.412. The topological polar surface area (TPSA) is 105 Å². The maximum absolute atomic E-state index is 15.2. The summed E-state index contributed by atoms with van der Waals surface area (Å²) in [6, 6.07) is 15.9. The SMILES string of the molecule is CCc1c(C(=O)N2CCOc3ccc(-c4ccc(C(=O)NC[C@H]5C[C@H]6CNC[C@H]6C5)cc4)cc3C2)ccc(S(C)(=O)=O)c1F. The Hall–Kier alpha value is -3.76. The molecule has 3 atom stereocenters. The second kappa shape index (κ2) is 12.3. The van der Waals surface area contributed by atoms with Crippen LogP contribution >= 0.6 is 0 Å². The first-order valence-corrected chi connectivity index (χ1v) is 17.2. The van der Waals surface area contributed by atoms with Crippen molar-refractivity contribution in [2.75, 3.05) is 39.0 Å². The van der Waals surface area contributed by atoms with E-state index in [1.807, 2.05) is 42.5 Å². The minimum atomic E-state index is -3.77. The Morgan fingerprint density at radius 1 is 1.02 bits per heavy atom. The van der Waals surface area contributed by atoms with E-state index in [1.54, 1.807) is 11.8 Å². The minimum Gasteiger partial charge on any atom is -0.491 e. The molecule has 2 fully saturated rings. The molecule has 10 heteroatoms. The molecule has 2 aliphatic heterocycles. The van der Waals surface area contributed by atoms with Crippen LogP contribution in [-0.2, 0) is 22.8 Å². The number of fused-ring (bicyclic) bond motifs is 2. The second-order valence-electron chi connectivity index (χ2n) is 12.2.